The Kier molecular flexibility index (Phi) is 11.3. The first-order valence-corrected chi connectivity index (χ1v) is 11.8. The van der Waals surface area contributed by atoms with E-state index in [9.17, 15) is 0 Å². The molecule has 0 atom stereocenters. The van der Waals surface area contributed by atoms with Gasteiger partial charge in [-0.3, -0.25) is 0 Å². The van der Waals surface area contributed by atoms with Crippen LogP contribution in [0.3, 0.4) is 0 Å². The van der Waals surface area contributed by atoms with Gasteiger partial charge in [0.2, 0.25) is 0 Å². The molecule has 0 aliphatic carbocycles. The highest BCUT2D eigenvalue weighted by atomic mass is 28.4. The van der Waals surface area contributed by atoms with Gasteiger partial charge in [-0.1, -0.05) is 76.8 Å². The maximum atomic E-state index is 6.29. The fourth-order valence-electron chi connectivity index (χ4n) is 2.84. The Morgan fingerprint density at radius 1 is 0.739 bits per heavy atom. The monoisotopic (exact) mass is 336 g/mol. The summed E-state index contributed by atoms with van der Waals surface area (Å²) in [6.45, 7) is 8.43. The minimum absolute atomic E-state index is 0.832. The van der Waals surface area contributed by atoms with Crippen LogP contribution in [0.25, 0.3) is 0 Å². The molecule has 132 valence electrons. The summed E-state index contributed by atoms with van der Waals surface area (Å²) in [5, 5.41) is 0. The predicted octanol–water partition coefficient (Wildman–Crippen LogP) is 6.10. The van der Waals surface area contributed by atoms with Crippen molar-refractivity contribution in [2.45, 2.75) is 77.8 Å². The second kappa shape index (κ2) is 12.7. The summed E-state index contributed by atoms with van der Waals surface area (Å²) in [6, 6.07) is 12.8. The zero-order valence-corrected chi connectivity index (χ0v) is 16.5. The Hall–Kier alpha value is -0.643. The molecule has 2 nitrogen and oxygen atoms in total. The molecule has 0 spiro atoms. The lowest BCUT2D eigenvalue weighted by Crippen LogP contribution is -2.41. The molecule has 1 aromatic rings. The molecule has 0 aliphatic heterocycles. The van der Waals surface area contributed by atoms with Crippen LogP contribution >= 0.6 is 0 Å². The topological polar surface area (TPSA) is 18.5 Å². The molecule has 0 aromatic heterocycles. The normalized spacial score (nSPS) is 11.8. The Balaban J connectivity index is 2.23. The predicted molar refractivity (Wildman–Crippen MR) is 102 cm³/mol. The molecule has 0 saturated heterocycles. The molecule has 0 amide bonds. The van der Waals surface area contributed by atoms with Gasteiger partial charge in [0.05, 0.1) is 0 Å². The van der Waals surface area contributed by atoms with Gasteiger partial charge in [0.25, 0.3) is 0 Å². The summed E-state index contributed by atoms with van der Waals surface area (Å²) in [6.07, 6.45) is 8.63. The molecular formula is C20H36O2Si. The van der Waals surface area contributed by atoms with E-state index < -0.39 is 8.56 Å². The standard InChI is InChI=1S/C20H36O2Si/c1-4-7-8-9-13-18-21-23(5-2,6-3)22-19-14-17-20-15-11-10-12-16-20/h10-12,15-16H,4-9,13-14,17-19H2,1-3H3. The zero-order valence-electron chi connectivity index (χ0n) is 15.5. The number of rotatable bonds is 14. The molecule has 23 heavy (non-hydrogen) atoms. The summed E-state index contributed by atoms with van der Waals surface area (Å²) in [4.78, 5) is 0. The minimum Gasteiger partial charge on any atom is -0.394 e. The van der Waals surface area contributed by atoms with Crippen molar-refractivity contribution in [2.24, 2.45) is 0 Å². The number of aryl methyl sites for hydroxylation is 1. The first kappa shape index (κ1) is 20.4. The van der Waals surface area contributed by atoms with Crippen LogP contribution in [-0.4, -0.2) is 21.8 Å². The van der Waals surface area contributed by atoms with Crippen LogP contribution in [0.4, 0.5) is 0 Å². The molecule has 0 heterocycles. The van der Waals surface area contributed by atoms with Crippen molar-refractivity contribution >= 4 is 8.56 Å². The lowest BCUT2D eigenvalue weighted by atomic mass is 10.1. The number of hydrogen-bond acceptors (Lipinski definition) is 2. The summed E-state index contributed by atoms with van der Waals surface area (Å²) >= 11 is 0. The third kappa shape index (κ3) is 8.68. The van der Waals surface area contributed by atoms with Crippen molar-refractivity contribution in [3.8, 4) is 0 Å². The maximum Gasteiger partial charge on any atom is 0.337 e. The van der Waals surface area contributed by atoms with Crippen LogP contribution in [-0.2, 0) is 15.3 Å². The van der Waals surface area contributed by atoms with E-state index in [4.69, 9.17) is 8.85 Å². The van der Waals surface area contributed by atoms with E-state index in [0.717, 1.165) is 38.1 Å². The van der Waals surface area contributed by atoms with E-state index in [2.05, 4.69) is 51.1 Å². The fourth-order valence-corrected chi connectivity index (χ4v) is 5.28. The molecule has 1 rings (SSSR count). The third-order valence-corrected chi connectivity index (χ3v) is 8.12. The lowest BCUT2D eigenvalue weighted by molar-refractivity contribution is 0.164. The van der Waals surface area contributed by atoms with Gasteiger partial charge < -0.3 is 8.85 Å². The van der Waals surface area contributed by atoms with Crippen molar-refractivity contribution in [3.63, 3.8) is 0 Å². The first-order chi connectivity index (χ1) is 11.3. The van der Waals surface area contributed by atoms with Crippen molar-refractivity contribution in [1.82, 2.24) is 0 Å². The van der Waals surface area contributed by atoms with Crippen LogP contribution < -0.4 is 0 Å². The Labute approximate surface area is 144 Å². The molecule has 1 aromatic carbocycles. The van der Waals surface area contributed by atoms with E-state index in [1.54, 1.807) is 0 Å². The average Bonchev–Trinajstić information content (AvgIpc) is 2.61. The Morgan fingerprint density at radius 2 is 1.35 bits per heavy atom. The SMILES string of the molecule is CCCCCCCO[Si](CC)(CC)OCCCc1ccccc1. The highest BCUT2D eigenvalue weighted by Crippen LogP contribution is 2.20. The van der Waals surface area contributed by atoms with Crippen LogP contribution in [0.1, 0.15) is 64.9 Å². The quantitative estimate of drug-likeness (QED) is 0.302. The molecule has 0 N–H and O–H groups in total. The van der Waals surface area contributed by atoms with Crippen molar-refractivity contribution in [1.29, 1.82) is 0 Å². The minimum atomic E-state index is -1.95. The smallest absolute Gasteiger partial charge is 0.337 e. The largest absolute Gasteiger partial charge is 0.394 e. The van der Waals surface area contributed by atoms with Gasteiger partial charge in [0.1, 0.15) is 0 Å². The molecule has 0 bridgehead atoms. The highest BCUT2D eigenvalue weighted by Gasteiger charge is 2.33. The van der Waals surface area contributed by atoms with Crippen LogP contribution in [0, 0.1) is 0 Å². The van der Waals surface area contributed by atoms with Gasteiger partial charge in [-0.05, 0) is 36.9 Å². The Bertz CT molecular complexity index is 376. The van der Waals surface area contributed by atoms with E-state index in [1.807, 2.05) is 0 Å². The molecule has 0 aliphatic rings. The van der Waals surface area contributed by atoms with Crippen LogP contribution in [0.15, 0.2) is 30.3 Å². The fraction of sp³-hybridized carbons (Fsp3) is 0.700. The van der Waals surface area contributed by atoms with Gasteiger partial charge in [-0.2, -0.15) is 0 Å². The molecule has 0 radical (unpaired) electrons. The van der Waals surface area contributed by atoms with Gasteiger partial charge >= 0.3 is 8.56 Å². The molecule has 3 heteroatoms. The average molecular weight is 337 g/mol. The first-order valence-electron chi connectivity index (χ1n) is 9.58. The van der Waals surface area contributed by atoms with Gasteiger partial charge in [-0.25, -0.2) is 0 Å². The summed E-state index contributed by atoms with van der Waals surface area (Å²) in [5.74, 6) is 0. The van der Waals surface area contributed by atoms with Gasteiger partial charge in [0.15, 0.2) is 0 Å². The molecule has 0 fully saturated rings. The van der Waals surface area contributed by atoms with Crippen LogP contribution in [0.2, 0.25) is 12.1 Å². The summed E-state index contributed by atoms with van der Waals surface area (Å²) < 4.78 is 12.6. The second-order valence-electron chi connectivity index (χ2n) is 6.32. The van der Waals surface area contributed by atoms with E-state index in [1.165, 1.54) is 37.7 Å². The number of hydrogen-bond donors (Lipinski definition) is 0. The number of unbranched alkanes of at least 4 members (excludes halogenated alkanes) is 4. The van der Waals surface area contributed by atoms with E-state index in [0.29, 0.717) is 0 Å². The highest BCUT2D eigenvalue weighted by molar-refractivity contribution is 6.67. The molecular weight excluding hydrogens is 300 g/mol. The van der Waals surface area contributed by atoms with E-state index >= 15 is 0 Å². The van der Waals surface area contributed by atoms with E-state index in [-0.39, 0.29) is 0 Å². The number of benzene rings is 1. The third-order valence-electron chi connectivity index (χ3n) is 4.51. The summed E-state index contributed by atoms with van der Waals surface area (Å²) in [7, 11) is -1.95. The van der Waals surface area contributed by atoms with Crippen molar-refractivity contribution < 1.29 is 8.85 Å². The van der Waals surface area contributed by atoms with Gasteiger partial charge in [0, 0.05) is 13.2 Å². The Morgan fingerprint density at radius 3 is 1.96 bits per heavy atom. The van der Waals surface area contributed by atoms with Crippen molar-refractivity contribution in [2.75, 3.05) is 13.2 Å². The zero-order chi connectivity index (χ0) is 16.8. The molecule has 0 saturated carbocycles. The van der Waals surface area contributed by atoms with Crippen LogP contribution in [0.5, 0.6) is 0 Å². The molecule has 0 unspecified atom stereocenters. The van der Waals surface area contributed by atoms with Crippen molar-refractivity contribution in [3.05, 3.63) is 35.9 Å². The van der Waals surface area contributed by atoms with Gasteiger partial charge in [-0.15, -0.1) is 0 Å². The summed E-state index contributed by atoms with van der Waals surface area (Å²) in [5.41, 5.74) is 1.40. The lowest BCUT2D eigenvalue weighted by Gasteiger charge is -2.29. The maximum absolute atomic E-state index is 6.29. The second-order valence-corrected chi connectivity index (χ2v) is 10.1.